The van der Waals surface area contributed by atoms with Crippen LogP contribution in [-0.2, 0) is 16.0 Å². The number of nitrogens with one attached hydrogen (secondary N) is 1. The van der Waals surface area contributed by atoms with E-state index in [0.717, 1.165) is 38.6 Å². The van der Waals surface area contributed by atoms with Gasteiger partial charge in [0.15, 0.2) is 0 Å². The van der Waals surface area contributed by atoms with Gasteiger partial charge in [0.2, 0.25) is 5.91 Å². The fourth-order valence-corrected chi connectivity index (χ4v) is 2.21. The van der Waals surface area contributed by atoms with Crippen LogP contribution in [0.1, 0.15) is 84.3 Å². The molecule has 0 saturated heterocycles. The zero-order valence-electron chi connectivity index (χ0n) is 18.3. The molecule has 1 aromatic carbocycles. The number of carbonyl (C=O) groups is 2. The Morgan fingerprint density at radius 1 is 1.04 bits per heavy atom. The molecule has 0 aliphatic heterocycles. The summed E-state index contributed by atoms with van der Waals surface area (Å²) in [6.07, 6.45) is 6.29. The van der Waals surface area contributed by atoms with Crippen LogP contribution in [0.25, 0.3) is 0 Å². The van der Waals surface area contributed by atoms with Gasteiger partial charge in [-0.1, -0.05) is 70.9 Å². The molecule has 4 nitrogen and oxygen atoms in total. The molecule has 156 valence electrons. The van der Waals surface area contributed by atoms with Crippen LogP contribution in [0.3, 0.4) is 0 Å². The summed E-state index contributed by atoms with van der Waals surface area (Å²) in [5.41, 5.74) is 2.67. The number of unbranched alkanes of at least 4 members (excludes halogenated alkanes) is 2. The summed E-state index contributed by atoms with van der Waals surface area (Å²) in [5, 5.41) is 11.0. The molecule has 4 heteroatoms. The van der Waals surface area contributed by atoms with Gasteiger partial charge < -0.3 is 10.4 Å². The number of benzene rings is 1. The Morgan fingerprint density at radius 2 is 1.63 bits per heavy atom. The Balaban J connectivity index is 0. The van der Waals surface area contributed by atoms with Crippen LogP contribution < -0.4 is 5.32 Å². The molecule has 27 heavy (non-hydrogen) atoms. The van der Waals surface area contributed by atoms with E-state index in [1.807, 2.05) is 27.7 Å². The molecule has 1 aromatic rings. The third kappa shape index (κ3) is 20.3. The lowest BCUT2D eigenvalue weighted by atomic mass is 10.1. The minimum atomic E-state index is -0.713. The van der Waals surface area contributed by atoms with Crippen molar-refractivity contribution in [1.82, 2.24) is 5.32 Å². The first-order valence-electron chi connectivity index (χ1n) is 10.4. The number of amides is 1. The number of carboxylic acid groups (broad SMARTS) is 1. The number of aliphatic carboxylic acids is 1. The highest BCUT2D eigenvalue weighted by Crippen LogP contribution is 2.08. The first-order valence-corrected chi connectivity index (χ1v) is 10.4. The quantitative estimate of drug-likeness (QED) is 0.507. The fourth-order valence-electron chi connectivity index (χ4n) is 2.21. The van der Waals surface area contributed by atoms with Gasteiger partial charge in [-0.2, -0.15) is 0 Å². The molecule has 0 spiro atoms. The van der Waals surface area contributed by atoms with Gasteiger partial charge in [-0.3, -0.25) is 9.59 Å². The van der Waals surface area contributed by atoms with Crippen molar-refractivity contribution in [3.63, 3.8) is 0 Å². The van der Waals surface area contributed by atoms with E-state index in [1.54, 1.807) is 0 Å². The maximum Gasteiger partial charge on any atom is 0.303 e. The van der Waals surface area contributed by atoms with Gasteiger partial charge in [0.1, 0.15) is 0 Å². The van der Waals surface area contributed by atoms with E-state index in [-0.39, 0.29) is 18.2 Å². The maximum absolute atomic E-state index is 11.5. The topological polar surface area (TPSA) is 66.4 Å². The molecule has 0 saturated carbocycles. The van der Waals surface area contributed by atoms with Gasteiger partial charge in [-0.05, 0) is 44.1 Å². The Kier molecular flexibility index (Phi) is 19.2. The molecule has 1 rings (SSSR count). The van der Waals surface area contributed by atoms with Crippen molar-refractivity contribution in [2.24, 2.45) is 5.92 Å². The predicted octanol–water partition coefficient (Wildman–Crippen LogP) is 5.77. The zero-order valence-corrected chi connectivity index (χ0v) is 18.3. The van der Waals surface area contributed by atoms with E-state index in [9.17, 15) is 9.59 Å². The van der Waals surface area contributed by atoms with Crippen molar-refractivity contribution in [3.05, 3.63) is 35.4 Å². The van der Waals surface area contributed by atoms with Crippen LogP contribution in [0.5, 0.6) is 0 Å². The predicted molar refractivity (Wildman–Crippen MR) is 115 cm³/mol. The normalized spacial score (nSPS) is 9.59. The standard InChI is InChI=1S/C16H25NO.C5H10O2.C2H6/c1-3-4-13-17-16(18)8-6-5-7-15-11-9-14(2)10-12-15;1-4(2)3-5(6)7;1-2/h9-12H,3-8,13H2,1-2H3,(H,17,18);4H,3H2,1-2H3,(H,6,7);1-2H3. The lowest BCUT2D eigenvalue weighted by Crippen LogP contribution is -2.23. The third-order valence-electron chi connectivity index (χ3n) is 3.68. The Morgan fingerprint density at radius 3 is 2.07 bits per heavy atom. The molecule has 0 bridgehead atoms. The molecule has 2 N–H and O–H groups in total. The summed E-state index contributed by atoms with van der Waals surface area (Å²) in [4.78, 5) is 21.3. The molecule has 0 atom stereocenters. The minimum Gasteiger partial charge on any atom is -0.481 e. The molecule has 0 fully saturated rings. The number of aryl methyl sites for hydroxylation is 2. The van der Waals surface area contributed by atoms with Crippen molar-refractivity contribution in [2.75, 3.05) is 6.54 Å². The summed E-state index contributed by atoms with van der Waals surface area (Å²) >= 11 is 0. The summed E-state index contributed by atoms with van der Waals surface area (Å²) in [5.74, 6) is -0.236. The third-order valence-corrected chi connectivity index (χ3v) is 3.68. The number of hydrogen-bond acceptors (Lipinski definition) is 2. The number of carbonyl (C=O) groups excluding carboxylic acids is 1. The van der Waals surface area contributed by atoms with Crippen LogP contribution >= 0.6 is 0 Å². The molecular weight excluding hydrogens is 338 g/mol. The van der Waals surface area contributed by atoms with E-state index in [2.05, 4.69) is 43.4 Å². The summed E-state index contributed by atoms with van der Waals surface area (Å²) in [6.45, 7) is 12.8. The average molecular weight is 380 g/mol. The number of rotatable bonds is 10. The molecule has 0 unspecified atom stereocenters. The van der Waals surface area contributed by atoms with Gasteiger partial charge in [0.05, 0.1) is 0 Å². The monoisotopic (exact) mass is 379 g/mol. The van der Waals surface area contributed by atoms with Crippen LogP contribution in [-0.4, -0.2) is 23.5 Å². The Labute approximate surface area is 166 Å². The van der Waals surface area contributed by atoms with E-state index >= 15 is 0 Å². The van der Waals surface area contributed by atoms with Crippen molar-refractivity contribution >= 4 is 11.9 Å². The highest BCUT2D eigenvalue weighted by molar-refractivity contribution is 5.75. The SMILES string of the molecule is CC.CC(C)CC(=O)O.CCCCNC(=O)CCCCc1ccc(C)cc1. The van der Waals surface area contributed by atoms with E-state index in [1.165, 1.54) is 11.1 Å². The number of carboxylic acids is 1. The van der Waals surface area contributed by atoms with Crippen LogP contribution in [0, 0.1) is 12.8 Å². The highest BCUT2D eigenvalue weighted by Gasteiger charge is 2.00. The second-order valence-corrected chi connectivity index (χ2v) is 6.89. The van der Waals surface area contributed by atoms with Gasteiger partial charge >= 0.3 is 5.97 Å². The molecular formula is C23H41NO3. The van der Waals surface area contributed by atoms with Crippen LogP contribution in [0.15, 0.2) is 24.3 Å². The summed E-state index contributed by atoms with van der Waals surface area (Å²) in [7, 11) is 0. The second kappa shape index (κ2) is 18.9. The van der Waals surface area contributed by atoms with Gasteiger partial charge in [0.25, 0.3) is 0 Å². The number of hydrogen-bond donors (Lipinski definition) is 2. The Bertz CT molecular complexity index is 481. The average Bonchev–Trinajstić information content (AvgIpc) is 2.61. The molecule has 0 aliphatic rings. The lowest BCUT2D eigenvalue weighted by molar-refractivity contribution is -0.137. The first-order chi connectivity index (χ1) is 12.8. The smallest absolute Gasteiger partial charge is 0.303 e. The maximum atomic E-state index is 11.5. The Hall–Kier alpha value is -1.84. The van der Waals surface area contributed by atoms with Crippen LogP contribution in [0.4, 0.5) is 0 Å². The van der Waals surface area contributed by atoms with Gasteiger partial charge in [-0.15, -0.1) is 0 Å². The zero-order chi connectivity index (χ0) is 21.1. The van der Waals surface area contributed by atoms with E-state index in [4.69, 9.17) is 5.11 Å². The van der Waals surface area contributed by atoms with Crippen molar-refractivity contribution in [1.29, 1.82) is 0 Å². The molecule has 1 amide bonds. The van der Waals surface area contributed by atoms with Crippen molar-refractivity contribution in [2.45, 2.75) is 86.5 Å². The van der Waals surface area contributed by atoms with Crippen LogP contribution in [0.2, 0.25) is 0 Å². The fraction of sp³-hybridized carbons (Fsp3) is 0.652. The second-order valence-electron chi connectivity index (χ2n) is 6.89. The van der Waals surface area contributed by atoms with Gasteiger partial charge in [0, 0.05) is 19.4 Å². The van der Waals surface area contributed by atoms with Gasteiger partial charge in [-0.25, -0.2) is 0 Å². The lowest BCUT2D eigenvalue weighted by Gasteiger charge is -2.04. The molecule has 0 radical (unpaired) electrons. The van der Waals surface area contributed by atoms with Crippen molar-refractivity contribution in [3.8, 4) is 0 Å². The first kappa shape index (κ1) is 27.4. The highest BCUT2D eigenvalue weighted by atomic mass is 16.4. The minimum absolute atomic E-state index is 0.201. The van der Waals surface area contributed by atoms with E-state index in [0.29, 0.717) is 6.42 Å². The summed E-state index contributed by atoms with van der Waals surface area (Å²) in [6, 6.07) is 8.65. The van der Waals surface area contributed by atoms with Crippen molar-refractivity contribution < 1.29 is 14.7 Å². The largest absolute Gasteiger partial charge is 0.481 e. The van der Waals surface area contributed by atoms with E-state index < -0.39 is 5.97 Å². The molecule has 0 aliphatic carbocycles. The molecule has 0 heterocycles. The molecule has 0 aromatic heterocycles. The summed E-state index contributed by atoms with van der Waals surface area (Å²) < 4.78 is 0.